The van der Waals surface area contributed by atoms with Gasteiger partial charge in [0.25, 0.3) is 5.78 Å². The number of aromatic nitrogens is 2. The number of aliphatic hydroxyl groups is 1. The molecule has 2 aliphatic heterocycles. The Morgan fingerprint density at radius 2 is 1.76 bits per heavy atom. The molecule has 3 aromatic carbocycles. The van der Waals surface area contributed by atoms with Crippen LogP contribution in [0.25, 0.3) is 16.8 Å². The molecule has 6 rings (SSSR count). The van der Waals surface area contributed by atoms with E-state index in [0.717, 1.165) is 16.6 Å². The number of H-pyrrole nitrogens is 1. The van der Waals surface area contributed by atoms with Crippen LogP contribution in [-0.4, -0.2) is 40.7 Å². The summed E-state index contributed by atoms with van der Waals surface area (Å²) in [5.74, 6) is -0.111. The molecule has 1 aromatic heterocycles. The number of nitrogens with one attached hydrogen (secondary N) is 1. The second-order valence-corrected chi connectivity index (χ2v) is 9.02. The van der Waals surface area contributed by atoms with Crippen LogP contribution in [0.3, 0.4) is 0 Å². The Labute approximate surface area is 211 Å². The van der Waals surface area contributed by atoms with Crippen molar-refractivity contribution < 1.29 is 28.9 Å². The minimum Gasteiger partial charge on any atom is -0.507 e. The number of imidazole rings is 1. The number of anilines is 1. The molecule has 2 N–H and O–H groups in total. The van der Waals surface area contributed by atoms with Gasteiger partial charge in [-0.1, -0.05) is 12.1 Å². The summed E-state index contributed by atoms with van der Waals surface area (Å²) in [4.78, 5) is 36.0. The van der Waals surface area contributed by atoms with E-state index in [9.17, 15) is 14.7 Å². The molecule has 0 spiro atoms. The summed E-state index contributed by atoms with van der Waals surface area (Å²) in [5, 5.41) is 11.4. The van der Waals surface area contributed by atoms with E-state index in [1.807, 2.05) is 26.0 Å². The van der Waals surface area contributed by atoms with Gasteiger partial charge in [0, 0.05) is 5.56 Å². The van der Waals surface area contributed by atoms with Gasteiger partial charge in [-0.05, 0) is 73.0 Å². The number of nitrogens with zero attached hydrogens (tertiary/aromatic N) is 2. The normalized spacial score (nSPS) is 18.1. The van der Waals surface area contributed by atoms with Crippen molar-refractivity contribution in [1.29, 1.82) is 0 Å². The summed E-state index contributed by atoms with van der Waals surface area (Å²) in [6, 6.07) is 14.8. The van der Waals surface area contributed by atoms with Gasteiger partial charge < -0.3 is 24.3 Å². The number of carbonyl (C=O) groups is 2. The van der Waals surface area contributed by atoms with Crippen LogP contribution in [-0.2, 0) is 9.59 Å². The first-order chi connectivity index (χ1) is 17.9. The Morgan fingerprint density at radius 3 is 2.51 bits per heavy atom. The summed E-state index contributed by atoms with van der Waals surface area (Å²) in [7, 11) is 1.55. The lowest BCUT2D eigenvalue weighted by molar-refractivity contribution is -0.132. The summed E-state index contributed by atoms with van der Waals surface area (Å²) >= 11 is 0. The lowest BCUT2D eigenvalue weighted by Crippen LogP contribution is -2.30. The van der Waals surface area contributed by atoms with E-state index in [1.54, 1.807) is 49.6 Å². The van der Waals surface area contributed by atoms with Gasteiger partial charge >= 0.3 is 5.91 Å². The molecular weight excluding hydrogens is 474 g/mol. The molecule has 0 radical (unpaired) electrons. The van der Waals surface area contributed by atoms with Gasteiger partial charge in [-0.15, -0.1) is 0 Å². The van der Waals surface area contributed by atoms with E-state index in [-0.39, 0.29) is 24.1 Å². The standard InChI is InChI=1S/C28H23N3O6/c1-14-10-19-20(11-15(14)2)30-28(29-19)31-24(16-4-7-18(35-3)8-5-16)23(26(33)27(31)34)25(32)17-6-9-21-22(12-17)37-13-36-21/h4-12,24,32H,13H2,1-3H3,(H,29,30)/b25-23+. The van der Waals surface area contributed by atoms with Gasteiger partial charge in [0.2, 0.25) is 12.7 Å². The molecule has 2 aliphatic rings. The van der Waals surface area contributed by atoms with E-state index in [4.69, 9.17) is 14.2 Å². The highest BCUT2D eigenvalue weighted by molar-refractivity contribution is 6.51. The second-order valence-electron chi connectivity index (χ2n) is 9.02. The smallest absolute Gasteiger partial charge is 0.302 e. The molecule has 9 nitrogen and oxygen atoms in total. The third kappa shape index (κ3) is 3.58. The first kappa shape index (κ1) is 22.7. The number of ketones is 1. The van der Waals surface area contributed by atoms with Crippen molar-refractivity contribution in [3.63, 3.8) is 0 Å². The summed E-state index contributed by atoms with van der Waals surface area (Å²) in [5.41, 5.74) is 4.42. The van der Waals surface area contributed by atoms with Crippen LogP contribution in [0.5, 0.6) is 17.2 Å². The third-order valence-electron chi connectivity index (χ3n) is 6.84. The van der Waals surface area contributed by atoms with Crippen molar-refractivity contribution >= 4 is 34.4 Å². The van der Waals surface area contributed by atoms with Gasteiger partial charge in [-0.25, -0.2) is 4.98 Å². The lowest BCUT2D eigenvalue weighted by Gasteiger charge is -2.23. The number of hydrogen-bond donors (Lipinski definition) is 2. The van der Waals surface area contributed by atoms with E-state index >= 15 is 0 Å². The number of aliphatic hydroxyl groups excluding tert-OH is 1. The third-order valence-corrected chi connectivity index (χ3v) is 6.84. The van der Waals surface area contributed by atoms with E-state index in [0.29, 0.717) is 33.9 Å². The number of Topliss-reactive ketones (excluding diaryl/α,β-unsaturated/α-hetero) is 1. The van der Waals surface area contributed by atoms with E-state index in [1.165, 1.54) is 4.90 Å². The van der Waals surface area contributed by atoms with Crippen LogP contribution >= 0.6 is 0 Å². The maximum atomic E-state index is 13.5. The minimum atomic E-state index is -0.931. The SMILES string of the molecule is COc1ccc(C2/C(=C(\O)c3ccc4c(c3)OCO4)C(=O)C(=O)N2c2nc3cc(C)c(C)cc3[nH]2)cc1. The molecule has 37 heavy (non-hydrogen) atoms. The molecular formula is C28H23N3O6. The maximum absolute atomic E-state index is 13.5. The van der Waals surface area contributed by atoms with Crippen molar-refractivity contribution in [2.24, 2.45) is 0 Å². The zero-order chi connectivity index (χ0) is 25.8. The number of rotatable bonds is 4. The second kappa shape index (κ2) is 8.41. The molecule has 1 fully saturated rings. The average molecular weight is 498 g/mol. The average Bonchev–Trinajstić information content (AvgIpc) is 3.60. The molecule has 0 aliphatic carbocycles. The Morgan fingerprint density at radius 1 is 1.03 bits per heavy atom. The molecule has 1 saturated heterocycles. The van der Waals surface area contributed by atoms with Crippen LogP contribution < -0.4 is 19.1 Å². The molecule has 3 heterocycles. The topological polar surface area (TPSA) is 114 Å². The fourth-order valence-electron chi connectivity index (χ4n) is 4.72. The van der Waals surface area contributed by atoms with Crippen LogP contribution in [0.15, 0.2) is 60.2 Å². The van der Waals surface area contributed by atoms with Crippen molar-refractivity contribution in [2.45, 2.75) is 19.9 Å². The summed E-state index contributed by atoms with van der Waals surface area (Å²) < 4.78 is 16.1. The monoisotopic (exact) mass is 497 g/mol. The molecule has 1 unspecified atom stereocenters. The Hall–Kier alpha value is -4.79. The van der Waals surface area contributed by atoms with E-state index < -0.39 is 17.7 Å². The van der Waals surface area contributed by atoms with Crippen LogP contribution in [0.2, 0.25) is 0 Å². The number of aromatic amines is 1. The Bertz CT molecular complexity index is 1580. The quantitative estimate of drug-likeness (QED) is 0.242. The molecule has 186 valence electrons. The van der Waals surface area contributed by atoms with Gasteiger partial charge in [0.05, 0.1) is 29.8 Å². The Balaban J connectivity index is 1.54. The number of benzene rings is 3. The highest BCUT2D eigenvalue weighted by atomic mass is 16.7. The highest BCUT2D eigenvalue weighted by Gasteiger charge is 2.48. The predicted octanol–water partition coefficient (Wildman–Crippen LogP) is 4.54. The maximum Gasteiger partial charge on any atom is 0.302 e. The predicted molar refractivity (Wildman–Crippen MR) is 136 cm³/mol. The van der Waals surface area contributed by atoms with Crippen molar-refractivity contribution in [2.75, 3.05) is 18.8 Å². The number of aryl methyl sites for hydroxylation is 2. The van der Waals surface area contributed by atoms with Crippen LogP contribution in [0, 0.1) is 13.8 Å². The molecule has 1 amide bonds. The van der Waals surface area contributed by atoms with Gasteiger partial charge in [-0.3, -0.25) is 14.5 Å². The van der Waals surface area contributed by atoms with Crippen molar-refractivity contribution in [1.82, 2.24) is 9.97 Å². The van der Waals surface area contributed by atoms with E-state index in [2.05, 4.69) is 9.97 Å². The molecule has 0 saturated carbocycles. The number of fused-ring (bicyclic) bond motifs is 2. The molecule has 1 atom stereocenters. The molecule has 4 aromatic rings. The van der Waals surface area contributed by atoms with Gasteiger partial charge in [0.1, 0.15) is 11.5 Å². The van der Waals surface area contributed by atoms with Crippen LogP contribution in [0.1, 0.15) is 28.3 Å². The lowest BCUT2D eigenvalue weighted by atomic mass is 9.95. The first-order valence-electron chi connectivity index (χ1n) is 11.7. The minimum absolute atomic E-state index is 0.0538. The van der Waals surface area contributed by atoms with Gasteiger partial charge in [-0.2, -0.15) is 0 Å². The fraction of sp³-hybridized carbons (Fsp3) is 0.179. The molecule has 9 heteroatoms. The van der Waals surface area contributed by atoms with Crippen LogP contribution in [0.4, 0.5) is 5.95 Å². The number of methoxy groups -OCH3 is 1. The molecule has 0 bridgehead atoms. The fourth-order valence-corrected chi connectivity index (χ4v) is 4.72. The zero-order valence-corrected chi connectivity index (χ0v) is 20.4. The number of hydrogen-bond acceptors (Lipinski definition) is 7. The number of amides is 1. The van der Waals surface area contributed by atoms with Crippen molar-refractivity contribution in [3.8, 4) is 17.2 Å². The Kier molecular flexibility index (Phi) is 5.15. The van der Waals surface area contributed by atoms with Crippen molar-refractivity contribution in [3.05, 3.63) is 82.4 Å². The zero-order valence-electron chi connectivity index (χ0n) is 20.4. The summed E-state index contributed by atoms with van der Waals surface area (Å²) in [6.45, 7) is 4.04. The summed E-state index contributed by atoms with van der Waals surface area (Å²) in [6.07, 6.45) is 0. The van der Waals surface area contributed by atoms with Gasteiger partial charge in [0.15, 0.2) is 11.5 Å². The number of ether oxygens (including phenoxy) is 3. The highest BCUT2D eigenvalue weighted by Crippen LogP contribution is 2.43. The number of carbonyl (C=O) groups excluding carboxylic acids is 2. The first-order valence-corrected chi connectivity index (χ1v) is 11.7. The largest absolute Gasteiger partial charge is 0.507 e.